The number of amides is 1. The Labute approximate surface area is 175 Å². The maximum atomic E-state index is 12.5. The van der Waals surface area contributed by atoms with Gasteiger partial charge in [-0.1, -0.05) is 23.7 Å². The van der Waals surface area contributed by atoms with Crippen molar-refractivity contribution in [3.05, 3.63) is 53.1 Å². The molecule has 1 amide bonds. The number of ether oxygens (including phenoxy) is 2. The van der Waals surface area contributed by atoms with Crippen LogP contribution in [0.3, 0.4) is 0 Å². The maximum Gasteiger partial charge on any atom is 0.240 e. The Balaban J connectivity index is 1.54. The van der Waals surface area contributed by atoms with Crippen LogP contribution in [0.25, 0.3) is 0 Å². The summed E-state index contributed by atoms with van der Waals surface area (Å²) in [6.45, 7) is 2.81. The lowest BCUT2D eigenvalue weighted by Crippen LogP contribution is -2.32. The summed E-state index contributed by atoms with van der Waals surface area (Å²) < 4.78 is 38.5. The Morgan fingerprint density at radius 2 is 1.90 bits per heavy atom. The molecule has 156 valence electrons. The molecule has 0 saturated heterocycles. The predicted octanol–water partition coefficient (Wildman–Crippen LogP) is 3.05. The van der Waals surface area contributed by atoms with Gasteiger partial charge in [0.05, 0.1) is 24.2 Å². The molecule has 1 atom stereocenters. The minimum Gasteiger partial charge on any atom is -0.490 e. The molecule has 1 heterocycles. The van der Waals surface area contributed by atoms with E-state index >= 15 is 0 Å². The van der Waals surface area contributed by atoms with Crippen molar-refractivity contribution in [2.75, 3.05) is 19.8 Å². The topological polar surface area (TPSA) is 93.7 Å². The molecular formula is C20H23ClN2O5S. The minimum absolute atomic E-state index is 0.00862. The van der Waals surface area contributed by atoms with Crippen LogP contribution in [0.2, 0.25) is 5.02 Å². The van der Waals surface area contributed by atoms with Crippen molar-refractivity contribution in [1.82, 2.24) is 10.0 Å². The van der Waals surface area contributed by atoms with E-state index in [1.807, 2.05) is 19.1 Å². The van der Waals surface area contributed by atoms with Crippen LogP contribution in [0.15, 0.2) is 47.4 Å². The van der Waals surface area contributed by atoms with E-state index in [9.17, 15) is 13.2 Å². The maximum absolute atomic E-state index is 12.5. The summed E-state index contributed by atoms with van der Waals surface area (Å²) in [6, 6.07) is 11.4. The second-order valence-electron chi connectivity index (χ2n) is 6.65. The first-order valence-electron chi connectivity index (χ1n) is 9.29. The summed E-state index contributed by atoms with van der Waals surface area (Å²) in [5.74, 6) is 0.660. The van der Waals surface area contributed by atoms with Crippen molar-refractivity contribution >= 4 is 27.5 Å². The SMILES string of the molecule is CC(NC(=O)CCNS(=O)(=O)c1ccc2c(c1)OCCCO2)c1cccc(Cl)c1. The number of carbonyl (C=O) groups excluding carboxylic acids is 1. The van der Waals surface area contributed by atoms with Crippen LogP contribution in [-0.4, -0.2) is 34.1 Å². The number of sulfonamides is 1. The molecule has 0 bridgehead atoms. The van der Waals surface area contributed by atoms with E-state index in [-0.39, 0.29) is 29.8 Å². The summed E-state index contributed by atoms with van der Waals surface area (Å²) in [5, 5.41) is 3.42. The average molecular weight is 439 g/mol. The molecule has 0 aromatic heterocycles. The lowest BCUT2D eigenvalue weighted by molar-refractivity contribution is -0.121. The van der Waals surface area contributed by atoms with Gasteiger partial charge in [0.2, 0.25) is 15.9 Å². The molecule has 9 heteroatoms. The molecule has 1 aliphatic heterocycles. The quantitative estimate of drug-likeness (QED) is 0.693. The van der Waals surface area contributed by atoms with Gasteiger partial charge >= 0.3 is 0 Å². The second-order valence-corrected chi connectivity index (χ2v) is 8.85. The largest absolute Gasteiger partial charge is 0.490 e. The molecule has 0 spiro atoms. The van der Waals surface area contributed by atoms with E-state index in [4.69, 9.17) is 21.1 Å². The number of fused-ring (bicyclic) bond motifs is 1. The highest BCUT2D eigenvalue weighted by atomic mass is 35.5. The fraction of sp³-hybridized carbons (Fsp3) is 0.350. The standard InChI is InChI=1S/C20H23ClN2O5S/c1-14(15-4-2-5-16(21)12-15)23-20(24)8-9-22-29(25,26)17-6-7-18-19(13-17)28-11-3-10-27-18/h2,4-7,12-14,22H,3,8-11H2,1H3,(H,23,24). The van der Waals surface area contributed by atoms with Gasteiger partial charge in [0.15, 0.2) is 11.5 Å². The van der Waals surface area contributed by atoms with Crippen LogP contribution in [0.1, 0.15) is 31.4 Å². The fourth-order valence-electron chi connectivity index (χ4n) is 2.87. The summed E-state index contributed by atoms with van der Waals surface area (Å²) in [6.07, 6.45) is 0.742. The van der Waals surface area contributed by atoms with E-state index in [2.05, 4.69) is 10.0 Å². The molecule has 0 aliphatic carbocycles. The van der Waals surface area contributed by atoms with Crippen LogP contribution >= 0.6 is 11.6 Å². The van der Waals surface area contributed by atoms with Crippen molar-refractivity contribution in [3.63, 3.8) is 0 Å². The first-order valence-corrected chi connectivity index (χ1v) is 11.2. The molecule has 2 N–H and O–H groups in total. The minimum atomic E-state index is -3.77. The Kier molecular flexibility index (Phi) is 7.00. The molecular weight excluding hydrogens is 416 g/mol. The fourth-order valence-corrected chi connectivity index (χ4v) is 4.11. The van der Waals surface area contributed by atoms with Gasteiger partial charge in [-0.2, -0.15) is 0 Å². The monoisotopic (exact) mass is 438 g/mol. The summed E-state index contributed by atoms with van der Waals surface area (Å²) in [5.41, 5.74) is 0.874. The zero-order valence-electron chi connectivity index (χ0n) is 16.0. The van der Waals surface area contributed by atoms with E-state index in [1.165, 1.54) is 12.1 Å². The number of benzene rings is 2. The molecule has 7 nitrogen and oxygen atoms in total. The van der Waals surface area contributed by atoms with Crippen molar-refractivity contribution in [1.29, 1.82) is 0 Å². The van der Waals surface area contributed by atoms with Crippen molar-refractivity contribution < 1.29 is 22.7 Å². The number of hydrogen-bond acceptors (Lipinski definition) is 5. The van der Waals surface area contributed by atoms with Gasteiger partial charge in [0.25, 0.3) is 0 Å². The van der Waals surface area contributed by atoms with Gasteiger partial charge in [-0.3, -0.25) is 4.79 Å². The number of nitrogens with one attached hydrogen (secondary N) is 2. The van der Waals surface area contributed by atoms with Crippen LogP contribution in [0.4, 0.5) is 0 Å². The van der Waals surface area contributed by atoms with Gasteiger partial charge in [-0.25, -0.2) is 13.1 Å². The van der Waals surface area contributed by atoms with Crippen LogP contribution in [0.5, 0.6) is 11.5 Å². The molecule has 1 unspecified atom stereocenters. The zero-order chi connectivity index (χ0) is 20.9. The van der Waals surface area contributed by atoms with E-state index in [1.54, 1.807) is 18.2 Å². The third kappa shape index (κ3) is 5.85. The zero-order valence-corrected chi connectivity index (χ0v) is 17.6. The lowest BCUT2D eigenvalue weighted by Gasteiger charge is -2.15. The Bertz CT molecular complexity index is 981. The van der Waals surface area contributed by atoms with Crippen LogP contribution in [0, 0.1) is 0 Å². The highest BCUT2D eigenvalue weighted by Gasteiger charge is 2.19. The first-order chi connectivity index (χ1) is 13.8. The Hall–Kier alpha value is -2.29. The van der Waals surface area contributed by atoms with Gasteiger partial charge < -0.3 is 14.8 Å². The van der Waals surface area contributed by atoms with E-state index < -0.39 is 10.0 Å². The van der Waals surface area contributed by atoms with Crippen molar-refractivity contribution in [2.24, 2.45) is 0 Å². The van der Waals surface area contributed by atoms with Crippen LogP contribution < -0.4 is 19.5 Å². The smallest absolute Gasteiger partial charge is 0.240 e. The second kappa shape index (κ2) is 9.47. The van der Waals surface area contributed by atoms with Gasteiger partial charge in [-0.05, 0) is 36.8 Å². The molecule has 0 saturated carbocycles. The number of rotatable bonds is 7. The molecule has 29 heavy (non-hydrogen) atoms. The molecule has 0 fully saturated rings. The first kappa shape index (κ1) is 21.4. The average Bonchev–Trinajstić information content (AvgIpc) is 2.92. The van der Waals surface area contributed by atoms with Gasteiger partial charge in [0, 0.05) is 30.5 Å². The molecule has 0 radical (unpaired) electrons. The third-order valence-corrected chi connectivity index (χ3v) is 6.09. The number of halogens is 1. The third-order valence-electron chi connectivity index (χ3n) is 4.40. The lowest BCUT2D eigenvalue weighted by atomic mass is 10.1. The van der Waals surface area contributed by atoms with E-state index in [0.717, 1.165) is 12.0 Å². The molecule has 2 aromatic rings. The van der Waals surface area contributed by atoms with E-state index in [0.29, 0.717) is 29.7 Å². The van der Waals surface area contributed by atoms with Gasteiger partial charge in [0.1, 0.15) is 0 Å². The summed E-state index contributed by atoms with van der Waals surface area (Å²) in [4.78, 5) is 12.2. The normalized spacial score (nSPS) is 14.7. The number of carbonyl (C=O) groups is 1. The highest BCUT2D eigenvalue weighted by Crippen LogP contribution is 2.31. The van der Waals surface area contributed by atoms with Crippen molar-refractivity contribution in [3.8, 4) is 11.5 Å². The van der Waals surface area contributed by atoms with Crippen molar-refractivity contribution in [2.45, 2.75) is 30.7 Å². The predicted molar refractivity (Wildman–Crippen MR) is 110 cm³/mol. The Morgan fingerprint density at radius 1 is 1.14 bits per heavy atom. The molecule has 2 aromatic carbocycles. The number of hydrogen-bond donors (Lipinski definition) is 2. The van der Waals surface area contributed by atoms with Crippen LogP contribution in [-0.2, 0) is 14.8 Å². The molecule has 3 rings (SSSR count). The Morgan fingerprint density at radius 3 is 2.66 bits per heavy atom. The molecule has 1 aliphatic rings. The summed E-state index contributed by atoms with van der Waals surface area (Å²) in [7, 11) is -3.77. The van der Waals surface area contributed by atoms with Gasteiger partial charge in [-0.15, -0.1) is 0 Å². The highest BCUT2D eigenvalue weighted by molar-refractivity contribution is 7.89. The summed E-state index contributed by atoms with van der Waals surface area (Å²) >= 11 is 5.96.